The van der Waals surface area contributed by atoms with Crippen LogP contribution in [0.5, 0.6) is 0 Å². The molecule has 0 unspecified atom stereocenters. The van der Waals surface area contributed by atoms with Gasteiger partial charge in [0.2, 0.25) is 15.3 Å². The zero-order valence-electron chi connectivity index (χ0n) is 10.0. The van der Waals surface area contributed by atoms with Crippen LogP contribution in [0.2, 0.25) is 5.28 Å². The highest BCUT2D eigenvalue weighted by Gasteiger charge is 2.15. The van der Waals surface area contributed by atoms with Crippen molar-refractivity contribution in [2.75, 3.05) is 0 Å². The zero-order chi connectivity index (χ0) is 13.9. The van der Waals surface area contributed by atoms with Crippen molar-refractivity contribution < 1.29 is 8.42 Å². The Labute approximate surface area is 115 Å². The number of aryl methyl sites for hydroxylation is 1. The van der Waals surface area contributed by atoms with E-state index >= 15 is 0 Å². The molecule has 0 radical (unpaired) electrons. The van der Waals surface area contributed by atoms with Crippen LogP contribution in [0, 0.1) is 6.92 Å². The first-order chi connectivity index (χ1) is 8.99. The summed E-state index contributed by atoms with van der Waals surface area (Å²) in [5.41, 5.74) is 1.77. The lowest BCUT2D eigenvalue weighted by Crippen LogP contribution is -2.24. The number of nitrogens with zero attached hydrogens (tertiary/aromatic N) is 3. The first-order valence-electron chi connectivity index (χ1n) is 5.36. The Balaban J connectivity index is 2.14. The first-order valence-corrected chi connectivity index (χ1v) is 7.22. The first kappa shape index (κ1) is 13.9. The predicted molar refractivity (Wildman–Crippen MR) is 70.0 cm³/mol. The summed E-state index contributed by atoms with van der Waals surface area (Å²) in [5, 5.41) is 0.00364. The van der Waals surface area contributed by atoms with Crippen LogP contribution in [0.25, 0.3) is 0 Å². The number of hydrogen-bond acceptors (Lipinski definition) is 5. The number of nitrogens with one attached hydrogen (secondary N) is 1. The Hall–Kier alpha value is -1.57. The van der Waals surface area contributed by atoms with E-state index in [4.69, 9.17) is 11.6 Å². The van der Waals surface area contributed by atoms with Crippen molar-refractivity contribution in [3.05, 3.63) is 47.3 Å². The fourth-order valence-corrected chi connectivity index (χ4v) is 2.39. The standard InChI is InChI=1S/C11H11ClN4O2S/c1-8-4-13-3-2-9(8)5-16-19(17,18)10-6-14-11(12)15-7-10/h2-4,6-7,16H,5H2,1H3. The molecular formula is C11H11ClN4O2S. The van der Waals surface area contributed by atoms with Gasteiger partial charge in [-0.3, -0.25) is 4.98 Å². The van der Waals surface area contributed by atoms with Gasteiger partial charge in [-0.1, -0.05) is 0 Å². The van der Waals surface area contributed by atoms with Crippen molar-refractivity contribution in [3.8, 4) is 0 Å². The molecule has 2 aromatic heterocycles. The van der Waals surface area contributed by atoms with Gasteiger partial charge in [0.1, 0.15) is 4.90 Å². The normalized spacial score (nSPS) is 11.5. The van der Waals surface area contributed by atoms with E-state index in [0.717, 1.165) is 23.5 Å². The Kier molecular flexibility index (Phi) is 4.08. The van der Waals surface area contributed by atoms with Crippen molar-refractivity contribution >= 4 is 21.6 Å². The van der Waals surface area contributed by atoms with Crippen LogP contribution in [-0.4, -0.2) is 23.4 Å². The molecule has 8 heteroatoms. The number of halogens is 1. The van der Waals surface area contributed by atoms with Gasteiger partial charge in [-0.25, -0.2) is 23.1 Å². The number of hydrogen-bond donors (Lipinski definition) is 1. The van der Waals surface area contributed by atoms with E-state index in [0.29, 0.717) is 0 Å². The number of sulfonamides is 1. The second-order valence-electron chi connectivity index (χ2n) is 3.81. The van der Waals surface area contributed by atoms with E-state index in [2.05, 4.69) is 19.7 Å². The molecule has 0 amide bonds. The van der Waals surface area contributed by atoms with Gasteiger partial charge in [0, 0.05) is 18.9 Å². The molecule has 0 spiro atoms. The molecule has 2 aromatic rings. The molecule has 2 rings (SSSR count). The van der Waals surface area contributed by atoms with Gasteiger partial charge < -0.3 is 0 Å². The molecule has 0 fully saturated rings. The van der Waals surface area contributed by atoms with Gasteiger partial charge >= 0.3 is 0 Å². The van der Waals surface area contributed by atoms with E-state index in [1.807, 2.05) is 6.92 Å². The SMILES string of the molecule is Cc1cnccc1CNS(=O)(=O)c1cnc(Cl)nc1. The van der Waals surface area contributed by atoms with Crippen LogP contribution in [-0.2, 0) is 16.6 Å². The van der Waals surface area contributed by atoms with Gasteiger partial charge in [-0.05, 0) is 35.7 Å². The van der Waals surface area contributed by atoms with Crippen LogP contribution in [0.3, 0.4) is 0 Å². The fourth-order valence-electron chi connectivity index (χ4n) is 1.40. The number of aromatic nitrogens is 3. The van der Waals surface area contributed by atoms with E-state index in [1.54, 1.807) is 18.5 Å². The van der Waals surface area contributed by atoms with Gasteiger partial charge in [0.15, 0.2) is 0 Å². The second-order valence-corrected chi connectivity index (χ2v) is 5.92. The summed E-state index contributed by atoms with van der Waals surface area (Å²) >= 11 is 5.51. The molecule has 0 saturated heterocycles. The molecular weight excluding hydrogens is 288 g/mol. The van der Waals surface area contributed by atoms with Crippen molar-refractivity contribution in [2.45, 2.75) is 18.4 Å². The van der Waals surface area contributed by atoms with E-state index < -0.39 is 10.0 Å². The van der Waals surface area contributed by atoms with Crippen LogP contribution >= 0.6 is 11.6 Å². The summed E-state index contributed by atoms with van der Waals surface area (Å²) in [6.07, 6.45) is 5.62. The summed E-state index contributed by atoms with van der Waals surface area (Å²) in [6.45, 7) is 2.04. The maximum atomic E-state index is 12.0. The Morgan fingerprint density at radius 1 is 1.26 bits per heavy atom. The van der Waals surface area contributed by atoms with Crippen LogP contribution in [0.4, 0.5) is 0 Å². The molecule has 2 heterocycles. The van der Waals surface area contributed by atoms with E-state index in [-0.39, 0.29) is 16.7 Å². The monoisotopic (exact) mass is 298 g/mol. The minimum Gasteiger partial charge on any atom is -0.264 e. The molecule has 0 aliphatic rings. The molecule has 19 heavy (non-hydrogen) atoms. The summed E-state index contributed by atoms with van der Waals surface area (Å²) in [7, 11) is -3.65. The third kappa shape index (κ3) is 3.46. The highest BCUT2D eigenvalue weighted by atomic mass is 35.5. The minimum absolute atomic E-state index is 0.00364. The molecule has 0 bridgehead atoms. The molecule has 0 aromatic carbocycles. The number of rotatable bonds is 4. The van der Waals surface area contributed by atoms with Crippen LogP contribution in [0.1, 0.15) is 11.1 Å². The lowest BCUT2D eigenvalue weighted by Gasteiger charge is -2.07. The maximum absolute atomic E-state index is 12.0. The Bertz CT molecular complexity index is 673. The van der Waals surface area contributed by atoms with E-state index in [1.165, 1.54) is 0 Å². The van der Waals surface area contributed by atoms with Gasteiger partial charge in [0.05, 0.1) is 12.4 Å². The smallest absolute Gasteiger partial charge is 0.243 e. The van der Waals surface area contributed by atoms with Crippen molar-refractivity contribution in [2.24, 2.45) is 0 Å². The van der Waals surface area contributed by atoms with Crippen molar-refractivity contribution in [1.29, 1.82) is 0 Å². The average Bonchev–Trinajstić information content (AvgIpc) is 2.38. The van der Waals surface area contributed by atoms with Gasteiger partial charge in [-0.2, -0.15) is 0 Å². The quantitative estimate of drug-likeness (QED) is 0.860. The lowest BCUT2D eigenvalue weighted by molar-refractivity contribution is 0.580. The van der Waals surface area contributed by atoms with Gasteiger partial charge in [-0.15, -0.1) is 0 Å². The molecule has 0 aliphatic heterocycles. The van der Waals surface area contributed by atoms with Crippen molar-refractivity contribution in [1.82, 2.24) is 19.7 Å². The van der Waals surface area contributed by atoms with E-state index in [9.17, 15) is 8.42 Å². The molecule has 0 aliphatic carbocycles. The van der Waals surface area contributed by atoms with Crippen LogP contribution < -0.4 is 4.72 Å². The minimum atomic E-state index is -3.65. The Morgan fingerprint density at radius 3 is 2.58 bits per heavy atom. The largest absolute Gasteiger partial charge is 0.264 e. The summed E-state index contributed by atoms with van der Waals surface area (Å²) in [5.74, 6) is 0. The Morgan fingerprint density at radius 2 is 1.95 bits per heavy atom. The highest BCUT2D eigenvalue weighted by molar-refractivity contribution is 7.89. The fraction of sp³-hybridized carbons (Fsp3) is 0.182. The third-order valence-corrected chi connectivity index (χ3v) is 4.05. The zero-order valence-corrected chi connectivity index (χ0v) is 11.6. The molecule has 6 nitrogen and oxygen atoms in total. The lowest BCUT2D eigenvalue weighted by atomic mass is 10.2. The maximum Gasteiger partial charge on any atom is 0.243 e. The molecule has 0 atom stereocenters. The topological polar surface area (TPSA) is 84.8 Å². The predicted octanol–water partition coefficient (Wildman–Crippen LogP) is 1.31. The summed E-state index contributed by atoms with van der Waals surface area (Å²) in [4.78, 5) is 11.2. The summed E-state index contributed by atoms with van der Waals surface area (Å²) in [6, 6.07) is 1.76. The second kappa shape index (κ2) is 5.60. The van der Waals surface area contributed by atoms with Crippen LogP contribution in [0.15, 0.2) is 35.7 Å². The third-order valence-electron chi connectivity index (χ3n) is 2.50. The molecule has 1 N–H and O–H groups in total. The highest BCUT2D eigenvalue weighted by Crippen LogP contribution is 2.10. The van der Waals surface area contributed by atoms with Crippen molar-refractivity contribution in [3.63, 3.8) is 0 Å². The van der Waals surface area contributed by atoms with Gasteiger partial charge in [0.25, 0.3) is 0 Å². The average molecular weight is 299 g/mol. The summed E-state index contributed by atoms with van der Waals surface area (Å²) < 4.78 is 26.4. The molecule has 0 saturated carbocycles. The number of pyridine rings is 1. The molecule has 100 valence electrons.